The summed E-state index contributed by atoms with van der Waals surface area (Å²) < 4.78 is 65.4. The van der Waals surface area contributed by atoms with Gasteiger partial charge in [0.15, 0.2) is 11.6 Å². The number of anilines is 1. The van der Waals surface area contributed by atoms with Gasteiger partial charge in [-0.1, -0.05) is 17.7 Å². The molecule has 0 bridgehead atoms. The number of fused-ring (bicyclic) bond motifs is 1. The van der Waals surface area contributed by atoms with E-state index in [-0.39, 0.29) is 22.2 Å². The Kier molecular flexibility index (Phi) is 5.70. The number of hydrogen-bond acceptors (Lipinski definition) is 2. The van der Waals surface area contributed by atoms with Crippen LogP contribution in [0, 0.1) is 11.6 Å². The third-order valence-corrected chi connectivity index (χ3v) is 4.91. The molecule has 0 radical (unpaired) electrons. The van der Waals surface area contributed by atoms with Gasteiger partial charge in [-0.3, -0.25) is 9.59 Å². The van der Waals surface area contributed by atoms with Crippen molar-refractivity contribution >= 4 is 40.0 Å². The zero-order chi connectivity index (χ0) is 23.1. The summed E-state index contributed by atoms with van der Waals surface area (Å²) in [5, 5.41) is 4.28. The molecule has 0 aliphatic rings. The number of aromatic nitrogens is 1. The van der Waals surface area contributed by atoms with E-state index in [1.54, 1.807) is 0 Å². The molecule has 3 N–H and O–H groups in total. The molecule has 3 rings (SSSR count). The van der Waals surface area contributed by atoms with E-state index < -0.39 is 45.8 Å². The molecule has 0 saturated carbocycles. The van der Waals surface area contributed by atoms with E-state index in [2.05, 4.69) is 15.6 Å². The predicted octanol–water partition coefficient (Wildman–Crippen LogP) is 5.11. The third kappa shape index (κ3) is 4.63. The number of benzene rings is 2. The Morgan fingerprint density at radius 3 is 2.26 bits per heavy atom. The minimum atomic E-state index is -4.63. The predicted molar refractivity (Wildman–Crippen MR) is 104 cm³/mol. The molecule has 0 aliphatic carbocycles. The summed E-state index contributed by atoms with van der Waals surface area (Å²) in [6, 6.07) is 4.75. The molecule has 1 aromatic heterocycles. The maximum atomic E-state index is 13.5. The Morgan fingerprint density at radius 1 is 1.00 bits per heavy atom. The fraction of sp³-hybridized carbons (Fsp3) is 0.200. The van der Waals surface area contributed by atoms with Crippen LogP contribution >= 0.6 is 11.6 Å². The van der Waals surface area contributed by atoms with Crippen LogP contribution in [0.1, 0.15) is 25.0 Å². The average Bonchev–Trinajstić information content (AvgIpc) is 3.02. The maximum Gasteiger partial charge on any atom is 0.417 e. The van der Waals surface area contributed by atoms with Gasteiger partial charge >= 0.3 is 18.0 Å². The number of carbonyl (C=O) groups is 2. The van der Waals surface area contributed by atoms with Crippen molar-refractivity contribution in [3.8, 4) is 0 Å². The number of carbonyl (C=O) groups excluding carboxylic acids is 2. The van der Waals surface area contributed by atoms with E-state index in [0.29, 0.717) is 0 Å². The Hall–Kier alpha value is -3.14. The van der Waals surface area contributed by atoms with Crippen LogP contribution in [-0.2, 0) is 21.3 Å². The zero-order valence-electron chi connectivity index (χ0n) is 16.0. The summed E-state index contributed by atoms with van der Waals surface area (Å²) in [5.41, 5.74) is -1.80. The van der Waals surface area contributed by atoms with Crippen LogP contribution in [0.15, 0.2) is 36.5 Å². The SMILES string of the molecule is CC(C)(NC(=O)C(=O)Nc1c[nH]c2cc(F)c(F)cc12)c1ccc(C(F)(F)F)c(Cl)c1. The summed E-state index contributed by atoms with van der Waals surface area (Å²) in [6.07, 6.45) is -3.37. The van der Waals surface area contributed by atoms with Gasteiger partial charge in [0.2, 0.25) is 0 Å². The summed E-state index contributed by atoms with van der Waals surface area (Å²) >= 11 is 5.72. The Morgan fingerprint density at radius 2 is 1.65 bits per heavy atom. The first-order chi connectivity index (χ1) is 14.3. The Bertz CT molecular complexity index is 1190. The van der Waals surface area contributed by atoms with Crippen molar-refractivity contribution in [2.75, 3.05) is 5.32 Å². The van der Waals surface area contributed by atoms with Gasteiger partial charge < -0.3 is 15.6 Å². The number of halogens is 6. The van der Waals surface area contributed by atoms with Gasteiger partial charge in [0.25, 0.3) is 0 Å². The number of H-pyrrole nitrogens is 1. The van der Waals surface area contributed by atoms with Gasteiger partial charge in [-0.05, 0) is 37.6 Å². The van der Waals surface area contributed by atoms with Gasteiger partial charge in [-0.2, -0.15) is 13.2 Å². The monoisotopic (exact) mass is 459 g/mol. The molecule has 2 aromatic carbocycles. The number of aromatic amines is 1. The van der Waals surface area contributed by atoms with Crippen molar-refractivity contribution in [1.82, 2.24) is 10.3 Å². The van der Waals surface area contributed by atoms with Crippen LogP contribution in [0.25, 0.3) is 10.9 Å². The first kappa shape index (κ1) is 22.5. The average molecular weight is 460 g/mol. The summed E-state index contributed by atoms with van der Waals surface area (Å²) in [5.74, 6) is -4.43. The number of alkyl halides is 3. The largest absolute Gasteiger partial charge is 0.417 e. The molecular formula is C20H15ClF5N3O2. The first-order valence-corrected chi connectivity index (χ1v) is 9.14. The zero-order valence-corrected chi connectivity index (χ0v) is 16.8. The fourth-order valence-corrected chi connectivity index (χ4v) is 3.23. The lowest BCUT2D eigenvalue weighted by molar-refractivity contribution is -0.137. The molecule has 0 fully saturated rings. The standard InChI is InChI=1S/C20H15ClF5N3O2/c1-19(2,9-3-4-11(12(21)5-9)20(24,25)26)29-18(31)17(30)28-16-8-27-15-7-14(23)13(22)6-10(15)16/h3-8,27H,1-2H3,(H,28,30)(H,29,31). The highest BCUT2D eigenvalue weighted by Crippen LogP contribution is 2.36. The molecule has 164 valence electrons. The van der Waals surface area contributed by atoms with Gasteiger partial charge in [-0.25, -0.2) is 8.78 Å². The number of rotatable bonds is 3. The second-order valence-electron chi connectivity index (χ2n) is 7.24. The van der Waals surface area contributed by atoms with Crippen LogP contribution in [0.3, 0.4) is 0 Å². The summed E-state index contributed by atoms with van der Waals surface area (Å²) in [4.78, 5) is 27.3. The maximum absolute atomic E-state index is 13.5. The molecule has 11 heteroatoms. The summed E-state index contributed by atoms with van der Waals surface area (Å²) in [6.45, 7) is 2.95. The lowest BCUT2D eigenvalue weighted by Gasteiger charge is -2.27. The highest BCUT2D eigenvalue weighted by molar-refractivity contribution is 6.40. The van der Waals surface area contributed by atoms with Crippen LogP contribution in [0.2, 0.25) is 5.02 Å². The Balaban J connectivity index is 1.77. The van der Waals surface area contributed by atoms with E-state index in [1.807, 2.05) is 0 Å². The quantitative estimate of drug-likeness (QED) is 0.376. The number of nitrogens with one attached hydrogen (secondary N) is 3. The molecule has 2 amide bonds. The van der Waals surface area contributed by atoms with Gasteiger partial charge in [0.1, 0.15) is 0 Å². The molecule has 0 spiro atoms. The van der Waals surface area contributed by atoms with E-state index in [4.69, 9.17) is 11.6 Å². The van der Waals surface area contributed by atoms with Gasteiger partial charge in [-0.15, -0.1) is 0 Å². The fourth-order valence-electron chi connectivity index (χ4n) is 2.95. The van der Waals surface area contributed by atoms with Crippen LogP contribution in [0.4, 0.5) is 27.6 Å². The van der Waals surface area contributed by atoms with Crippen molar-refractivity contribution in [3.05, 3.63) is 64.3 Å². The summed E-state index contributed by atoms with van der Waals surface area (Å²) in [7, 11) is 0. The molecule has 0 atom stereocenters. The number of amides is 2. The highest BCUT2D eigenvalue weighted by atomic mass is 35.5. The molecule has 5 nitrogen and oxygen atoms in total. The van der Waals surface area contributed by atoms with E-state index in [1.165, 1.54) is 20.0 Å². The molecule has 1 heterocycles. The van der Waals surface area contributed by atoms with E-state index in [9.17, 15) is 31.5 Å². The van der Waals surface area contributed by atoms with Crippen molar-refractivity contribution < 1.29 is 31.5 Å². The molecule has 0 saturated heterocycles. The van der Waals surface area contributed by atoms with Crippen LogP contribution in [0.5, 0.6) is 0 Å². The van der Waals surface area contributed by atoms with E-state index >= 15 is 0 Å². The topological polar surface area (TPSA) is 74.0 Å². The van der Waals surface area contributed by atoms with Crippen molar-refractivity contribution in [1.29, 1.82) is 0 Å². The lowest BCUT2D eigenvalue weighted by atomic mass is 9.93. The first-order valence-electron chi connectivity index (χ1n) is 8.76. The van der Waals surface area contributed by atoms with Crippen LogP contribution < -0.4 is 10.6 Å². The molecule has 31 heavy (non-hydrogen) atoms. The van der Waals surface area contributed by atoms with Crippen molar-refractivity contribution in [2.45, 2.75) is 25.6 Å². The highest BCUT2D eigenvalue weighted by Gasteiger charge is 2.34. The van der Waals surface area contributed by atoms with Gasteiger partial charge in [0.05, 0.1) is 27.3 Å². The molecule has 3 aromatic rings. The smallest absolute Gasteiger partial charge is 0.359 e. The third-order valence-electron chi connectivity index (χ3n) is 4.60. The second kappa shape index (κ2) is 7.84. The van der Waals surface area contributed by atoms with Crippen molar-refractivity contribution in [2.24, 2.45) is 0 Å². The normalized spacial score (nSPS) is 12.1. The minimum Gasteiger partial charge on any atom is -0.359 e. The molecule has 0 unspecified atom stereocenters. The lowest BCUT2D eigenvalue weighted by Crippen LogP contribution is -2.46. The van der Waals surface area contributed by atoms with Crippen LogP contribution in [-0.4, -0.2) is 16.8 Å². The molecular weight excluding hydrogens is 445 g/mol. The van der Waals surface area contributed by atoms with Gasteiger partial charge in [0, 0.05) is 17.6 Å². The Labute approximate surface area is 177 Å². The second-order valence-corrected chi connectivity index (χ2v) is 7.65. The van der Waals surface area contributed by atoms with E-state index in [0.717, 1.165) is 30.3 Å². The minimum absolute atomic E-state index is 0.0458. The van der Waals surface area contributed by atoms with Crippen molar-refractivity contribution in [3.63, 3.8) is 0 Å². The number of hydrogen-bond donors (Lipinski definition) is 3. The molecule has 0 aliphatic heterocycles.